The van der Waals surface area contributed by atoms with Crippen molar-refractivity contribution < 1.29 is 4.79 Å². The van der Waals surface area contributed by atoms with Crippen LogP contribution in [0.4, 0.5) is 0 Å². The van der Waals surface area contributed by atoms with Gasteiger partial charge in [-0.3, -0.25) is 9.59 Å². The molecule has 5 nitrogen and oxygen atoms in total. The van der Waals surface area contributed by atoms with E-state index in [2.05, 4.69) is 30.5 Å². The van der Waals surface area contributed by atoms with Gasteiger partial charge in [0.1, 0.15) is 0 Å². The maximum Gasteiger partial charge on any atom is 0.250 e. The molecular weight excluding hydrogens is 326 g/mol. The first-order chi connectivity index (χ1) is 12.5. The van der Waals surface area contributed by atoms with Crippen molar-refractivity contribution in [2.24, 2.45) is 5.92 Å². The number of rotatable bonds is 4. The first-order valence-corrected chi connectivity index (χ1v) is 9.63. The molecule has 4 rings (SSSR count). The molecule has 0 aromatic carbocycles. The van der Waals surface area contributed by atoms with Crippen LogP contribution in [0.25, 0.3) is 0 Å². The highest BCUT2D eigenvalue weighted by Gasteiger charge is 2.35. The zero-order valence-electron chi connectivity index (χ0n) is 15.6. The second-order valence-corrected chi connectivity index (χ2v) is 7.87. The lowest BCUT2D eigenvalue weighted by molar-refractivity contribution is -0.134. The van der Waals surface area contributed by atoms with E-state index in [-0.39, 0.29) is 11.5 Å². The number of aromatic nitrogens is 2. The number of likely N-dealkylation sites (tertiary alicyclic amines) is 1. The van der Waals surface area contributed by atoms with Crippen LogP contribution in [0.2, 0.25) is 0 Å². The topological polar surface area (TPSA) is 47.2 Å². The van der Waals surface area contributed by atoms with Gasteiger partial charge < -0.3 is 14.0 Å². The van der Waals surface area contributed by atoms with Gasteiger partial charge >= 0.3 is 0 Å². The summed E-state index contributed by atoms with van der Waals surface area (Å²) in [5.74, 6) is 0.961. The number of carbonyl (C=O) groups is 1. The Labute approximate surface area is 154 Å². The van der Waals surface area contributed by atoms with Crippen molar-refractivity contribution in [3.63, 3.8) is 0 Å². The van der Waals surface area contributed by atoms with Gasteiger partial charge in [-0.15, -0.1) is 0 Å². The average molecular weight is 353 g/mol. The Hall–Kier alpha value is -2.30. The second kappa shape index (κ2) is 6.78. The molecule has 138 valence electrons. The fraction of sp³-hybridized carbons (Fsp3) is 0.524. The number of fused-ring (bicyclic) bond motifs is 4. The number of hydrogen-bond acceptors (Lipinski definition) is 2. The average Bonchev–Trinajstić information content (AvgIpc) is 2.94. The SMILES string of the molecule is Cc1ccc(C)n1CCCC(=O)N1C[C@H]2C[C@@H](C1)c1cccc(=O)n1C2. The lowest BCUT2D eigenvalue weighted by Crippen LogP contribution is -2.49. The summed E-state index contributed by atoms with van der Waals surface area (Å²) in [6, 6.07) is 9.79. The van der Waals surface area contributed by atoms with Gasteiger partial charge in [0.25, 0.3) is 5.56 Å². The summed E-state index contributed by atoms with van der Waals surface area (Å²) in [6.07, 6.45) is 2.56. The van der Waals surface area contributed by atoms with Crippen LogP contribution < -0.4 is 5.56 Å². The van der Waals surface area contributed by atoms with Crippen molar-refractivity contribution in [1.29, 1.82) is 0 Å². The van der Waals surface area contributed by atoms with Gasteiger partial charge in [-0.05, 0) is 50.8 Å². The van der Waals surface area contributed by atoms with Crippen LogP contribution in [-0.2, 0) is 17.9 Å². The molecule has 0 aliphatic carbocycles. The number of aryl methyl sites for hydroxylation is 2. The molecule has 0 spiro atoms. The Morgan fingerprint density at radius 1 is 1.08 bits per heavy atom. The number of hydrogen-bond donors (Lipinski definition) is 0. The number of nitrogens with zero attached hydrogens (tertiary/aromatic N) is 3. The highest BCUT2D eigenvalue weighted by atomic mass is 16.2. The van der Waals surface area contributed by atoms with Crippen LogP contribution >= 0.6 is 0 Å². The number of pyridine rings is 1. The quantitative estimate of drug-likeness (QED) is 0.848. The minimum absolute atomic E-state index is 0.0921. The molecule has 2 aliphatic rings. The van der Waals surface area contributed by atoms with Gasteiger partial charge in [0.05, 0.1) is 0 Å². The molecular formula is C21H27N3O2. The zero-order valence-corrected chi connectivity index (χ0v) is 15.6. The Kier molecular flexibility index (Phi) is 4.47. The third-order valence-electron chi connectivity index (χ3n) is 6.02. The fourth-order valence-corrected chi connectivity index (χ4v) is 4.70. The standard InChI is InChI=1S/C21H27N3O2/c1-15-8-9-16(2)23(15)10-4-7-20(25)22-12-17-11-18(14-22)19-5-3-6-21(26)24(19)13-17/h3,5-6,8-9,17-18H,4,7,10-14H2,1-2H3/t17-,18+/m1/s1. The number of carbonyl (C=O) groups excluding carboxylic acids is 1. The van der Waals surface area contributed by atoms with Crippen molar-refractivity contribution in [3.8, 4) is 0 Å². The molecule has 4 heterocycles. The van der Waals surface area contributed by atoms with E-state index in [1.165, 1.54) is 11.4 Å². The summed E-state index contributed by atoms with van der Waals surface area (Å²) >= 11 is 0. The van der Waals surface area contributed by atoms with Crippen LogP contribution in [0.15, 0.2) is 35.1 Å². The molecule has 0 saturated carbocycles. The minimum Gasteiger partial charge on any atom is -0.349 e. The molecule has 1 fully saturated rings. The molecule has 1 saturated heterocycles. The van der Waals surface area contributed by atoms with E-state index in [0.717, 1.165) is 44.7 Å². The third-order valence-corrected chi connectivity index (χ3v) is 6.02. The van der Waals surface area contributed by atoms with E-state index in [4.69, 9.17) is 0 Å². The first kappa shape index (κ1) is 17.1. The molecule has 26 heavy (non-hydrogen) atoms. The van der Waals surface area contributed by atoms with Crippen molar-refractivity contribution in [1.82, 2.24) is 14.0 Å². The van der Waals surface area contributed by atoms with Gasteiger partial charge in [0, 0.05) is 61.7 Å². The highest BCUT2D eigenvalue weighted by Crippen LogP contribution is 2.35. The monoisotopic (exact) mass is 353 g/mol. The fourth-order valence-electron chi connectivity index (χ4n) is 4.70. The van der Waals surface area contributed by atoms with E-state index in [9.17, 15) is 9.59 Å². The first-order valence-electron chi connectivity index (χ1n) is 9.63. The molecule has 2 bridgehead atoms. The smallest absolute Gasteiger partial charge is 0.250 e. The molecule has 0 radical (unpaired) electrons. The van der Waals surface area contributed by atoms with Crippen molar-refractivity contribution >= 4 is 5.91 Å². The molecule has 1 amide bonds. The maximum absolute atomic E-state index is 12.8. The van der Waals surface area contributed by atoms with Crippen LogP contribution in [0, 0.1) is 19.8 Å². The molecule has 2 atom stereocenters. The Bertz CT molecular complexity index is 860. The summed E-state index contributed by atoms with van der Waals surface area (Å²) in [5.41, 5.74) is 3.70. The normalized spacial score (nSPS) is 21.5. The summed E-state index contributed by atoms with van der Waals surface area (Å²) in [5, 5.41) is 0. The van der Waals surface area contributed by atoms with Crippen molar-refractivity contribution in [2.45, 2.75) is 52.1 Å². The summed E-state index contributed by atoms with van der Waals surface area (Å²) in [6.45, 7) is 7.41. The van der Waals surface area contributed by atoms with Gasteiger partial charge in [-0.1, -0.05) is 6.07 Å². The van der Waals surface area contributed by atoms with E-state index >= 15 is 0 Å². The zero-order chi connectivity index (χ0) is 18.3. The summed E-state index contributed by atoms with van der Waals surface area (Å²) in [7, 11) is 0. The Morgan fingerprint density at radius 2 is 1.85 bits per heavy atom. The molecule has 2 aromatic heterocycles. The molecule has 5 heteroatoms. The van der Waals surface area contributed by atoms with Gasteiger partial charge in [-0.2, -0.15) is 0 Å². The Morgan fingerprint density at radius 3 is 2.62 bits per heavy atom. The van der Waals surface area contributed by atoms with Gasteiger partial charge in [0.2, 0.25) is 5.91 Å². The highest BCUT2D eigenvalue weighted by molar-refractivity contribution is 5.76. The van der Waals surface area contributed by atoms with Gasteiger partial charge in [0.15, 0.2) is 0 Å². The van der Waals surface area contributed by atoms with E-state index in [1.54, 1.807) is 6.07 Å². The lowest BCUT2D eigenvalue weighted by Gasteiger charge is -2.42. The van der Waals surface area contributed by atoms with Crippen LogP contribution in [-0.4, -0.2) is 33.0 Å². The van der Waals surface area contributed by atoms with E-state index < -0.39 is 0 Å². The maximum atomic E-state index is 12.8. The molecule has 0 N–H and O–H groups in total. The predicted octanol–water partition coefficient (Wildman–Crippen LogP) is 2.69. The number of amides is 1. The molecule has 2 aromatic rings. The van der Waals surface area contributed by atoms with Gasteiger partial charge in [-0.25, -0.2) is 0 Å². The van der Waals surface area contributed by atoms with Crippen molar-refractivity contribution in [3.05, 3.63) is 57.8 Å². The molecule has 0 unspecified atom stereocenters. The summed E-state index contributed by atoms with van der Waals surface area (Å²) in [4.78, 5) is 26.9. The molecule has 2 aliphatic heterocycles. The minimum atomic E-state index is 0.0921. The van der Waals surface area contributed by atoms with Crippen LogP contribution in [0.5, 0.6) is 0 Å². The lowest BCUT2D eigenvalue weighted by atomic mass is 9.83. The number of piperidine rings is 1. The third kappa shape index (κ3) is 3.11. The van der Waals surface area contributed by atoms with E-state index in [0.29, 0.717) is 18.3 Å². The summed E-state index contributed by atoms with van der Waals surface area (Å²) < 4.78 is 4.19. The predicted molar refractivity (Wildman–Crippen MR) is 101 cm³/mol. The van der Waals surface area contributed by atoms with Crippen molar-refractivity contribution in [2.75, 3.05) is 13.1 Å². The van der Waals surface area contributed by atoms with Crippen LogP contribution in [0.3, 0.4) is 0 Å². The van der Waals surface area contributed by atoms with E-state index in [1.807, 2.05) is 21.6 Å². The van der Waals surface area contributed by atoms with Crippen LogP contribution in [0.1, 0.15) is 42.3 Å². The largest absolute Gasteiger partial charge is 0.349 e. The Balaban J connectivity index is 1.39. The second-order valence-electron chi connectivity index (χ2n) is 7.87.